The Kier molecular flexibility index (Phi) is 4.46. The molecular formula is C10H9F6N3O. The van der Waals surface area contributed by atoms with E-state index in [0.717, 1.165) is 5.32 Å². The van der Waals surface area contributed by atoms with Crippen molar-refractivity contribution < 1.29 is 31.1 Å². The van der Waals surface area contributed by atoms with Crippen LogP contribution in [0.4, 0.5) is 37.0 Å². The number of alkyl halides is 6. The van der Waals surface area contributed by atoms with Crippen LogP contribution in [0.5, 0.6) is 0 Å². The summed E-state index contributed by atoms with van der Waals surface area (Å²) >= 11 is 0. The Morgan fingerprint density at radius 2 is 1.75 bits per heavy atom. The first-order chi connectivity index (χ1) is 9.01. The minimum Gasteiger partial charge on any atom is -0.318 e. The fraction of sp³-hybridized carbons (Fsp3) is 0.400. The fourth-order valence-electron chi connectivity index (χ4n) is 1.24. The molecule has 20 heavy (non-hydrogen) atoms. The van der Waals surface area contributed by atoms with E-state index in [1.807, 2.05) is 5.32 Å². The smallest absolute Gasteiger partial charge is 0.318 e. The van der Waals surface area contributed by atoms with Crippen molar-refractivity contribution in [1.29, 1.82) is 0 Å². The number of aromatic nitrogens is 1. The first kappa shape index (κ1) is 16.1. The number of hydrogen-bond acceptors (Lipinski definition) is 2. The molecule has 10 heteroatoms. The molecule has 0 aliphatic carbocycles. The molecule has 0 aromatic carbocycles. The fourth-order valence-corrected chi connectivity index (χ4v) is 1.24. The molecule has 2 amide bonds. The highest BCUT2D eigenvalue weighted by atomic mass is 19.4. The molecule has 0 saturated carbocycles. The topological polar surface area (TPSA) is 54.0 Å². The second-order valence-corrected chi connectivity index (χ2v) is 3.78. The summed E-state index contributed by atoms with van der Waals surface area (Å²) < 4.78 is 73.3. The molecule has 0 spiro atoms. The van der Waals surface area contributed by atoms with E-state index in [-0.39, 0.29) is 5.82 Å². The normalized spacial score (nSPS) is 12.4. The number of nitrogens with one attached hydrogen (secondary N) is 2. The maximum atomic E-state index is 12.2. The minimum atomic E-state index is -5.64. The van der Waals surface area contributed by atoms with E-state index in [1.54, 1.807) is 0 Å². The summed E-state index contributed by atoms with van der Waals surface area (Å²) in [6.45, 7) is 1.48. The third-order valence-electron chi connectivity index (χ3n) is 2.17. The molecule has 1 aromatic rings. The largest absolute Gasteiger partial charge is 0.417 e. The lowest BCUT2D eigenvalue weighted by Crippen LogP contribution is -2.55. The maximum absolute atomic E-state index is 12.2. The van der Waals surface area contributed by atoms with Crippen molar-refractivity contribution in [3.05, 3.63) is 23.9 Å². The van der Waals surface area contributed by atoms with Gasteiger partial charge in [-0.2, -0.15) is 26.3 Å². The quantitative estimate of drug-likeness (QED) is 0.825. The highest BCUT2D eigenvalue weighted by molar-refractivity contribution is 5.89. The van der Waals surface area contributed by atoms with E-state index in [9.17, 15) is 31.1 Å². The van der Waals surface area contributed by atoms with Crippen LogP contribution in [0.1, 0.15) is 5.56 Å². The van der Waals surface area contributed by atoms with E-state index in [4.69, 9.17) is 0 Å². The van der Waals surface area contributed by atoms with E-state index < -0.39 is 24.4 Å². The lowest BCUT2D eigenvalue weighted by atomic mass is 10.2. The molecule has 0 fully saturated rings. The average Bonchev–Trinajstić information content (AvgIpc) is 2.26. The van der Waals surface area contributed by atoms with Crippen LogP contribution in [0.25, 0.3) is 0 Å². The lowest BCUT2D eigenvalue weighted by Gasteiger charge is -2.23. The third-order valence-corrected chi connectivity index (χ3v) is 2.17. The number of amides is 2. The molecule has 0 aliphatic heterocycles. The van der Waals surface area contributed by atoms with Gasteiger partial charge in [0.15, 0.2) is 0 Å². The minimum absolute atomic E-state index is 0.131. The van der Waals surface area contributed by atoms with Crippen molar-refractivity contribution >= 4 is 11.8 Å². The molecule has 0 unspecified atom stereocenters. The number of carbonyl (C=O) groups is 1. The Morgan fingerprint density at radius 3 is 2.20 bits per heavy atom. The zero-order valence-electron chi connectivity index (χ0n) is 9.93. The van der Waals surface area contributed by atoms with Crippen molar-refractivity contribution in [2.75, 3.05) is 5.32 Å². The number of hydrogen-bond donors (Lipinski definition) is 2. The van der Waals surface area contributed by atoms with Crippen molar-refractivity contribution in [3.63, 3.8) is 0 Å². The molecule has 1 aromatic heterocycles. The maximum Gasteiger partial charge on any atom is 0.417 e. The summed E-state index contributed by atoms with van der Waals surface area (Å²) in [6, 6.07) is -2.62. The van der Waals surface area contributed by atoms with E-state index in [1.165, 1.54) is 25.3 Å². The van der Waals surface area contributed by atoms with Gasteiger partial charge in [-0.1, -0.05) is 6.07 Å². The number of nitrogens with zero attached hydrogens (tertiary/aromatic N) is 1. The van der Waals surface area contributed by atoms with Crippen LogP contribution in [0, 0.1) is 6.92 Å². The van der Waals surface area contributed by atoms with Gasteiger partial charge in [-0.15, -0.1) is 0 Å². The summed E-state index contributed by atoms with van der Waals surface area (Å²) in [5, 5.41) is 2.66. The molecule has 1 rings (SSSR count). The molecule has 0 atom stereocenters. The first-order valence-electron chi connectivity index (χ1n) is 5.14. The highest BCUT2D eigenvalue weighted by Gasteiger charge is 2.57. The second-order valence-electron chi connectivity index (χ2n) is 3.78. The molecule has 0 aliphatic rings. The number of urea groups is 1. The molecule has 0 bridgehead atoms. The lowest BCUT2D eigenvalue weighted by molar-refractivity contribution is -0.255. The van der Waals surface area contributed by atoms with Crippen LogP contribution in [0.15, 0.2) is 18.3 Å². The molecule has 0 radical (unpaired) electrons. The molecule has 2 N–H and O–H groups in total. The van der Waals surface area contributed by atoms with E-state index in [0.29, 0.717) is 5.56 Å². The van der Waals surface area contributed by atoms with Crippen LogP contribution >= 0.6 is 0 Å². The third kappa shape index (κ3) is 4.28. The highest BCUT2D eigenvalue weighted by Crippen LogP contribution is 2.33. The Balaban J connectivity index is 2.81. The van der Waals surface area contributed by atoms with Crippen LogP contribution in [-0.2, 0) is 0 Å². The van der Waals surface area contributed by atoms with Crippen LogP contribution in [0.3, 0.4) is 0 Å². The van der Waals surface area contributed by atoms with Crippen LogP contribution < -0.4 is 10.6 Å². The zero-order valence-corrected chi connectivity index (χ0v) is 9.93. The summed E-state index contributed by atoms with van der Waals surface area (Å²) in [7, 11) is 0. The molecule has 112 valence electrons. The molecule has 0 saturated heterocycles. The summed E-state index contributed by atoms with van der Waals surface area (Å²) in [5.74, 6) is -0.131. The number of aryl methyl sites for hydroxylation is 1. The number of rotatable bonds is 2. The molecular weight excluding hydrogens is 292 g/mol. The number of anilines is 1. The van der Waals surface area contributed by atoms with Gasteiger partial charge in [0.25, 0.3) is 0 Å². The average molecular weight is 301 g/mol. The van der Waals surface area contributed by atoms with E-state index in [2.05, 4.69) is 4.98 Å². The number of carbonyl (C=O) groups excluding carboxylic acids is 1. The zero-order chi connectivity index (χ0) is 15.6. The monoisotopic (exact) mass is 301 g/mol. The Hall–Kier alpha value is -2.00. The summed E-state index contributed by atoms with van der Waals surface area (Å²) in [4.78, 5) is 14.8. The second kappa shape index (κ2) is 5.55. The van der Waals surface area contributed by atoms with E-state index >= 15 is 0 Å². The van der Waals surface area contributed by atoms with Gasteiger partial charge in [0.1, 0.15) is 5.82 Å². The van der Waals surface area contributed by atoms with Gasteiger partial charge in [-0.3, -0.25) is 5.32 Å². The molecule has 4 nitrogen and oxygen atoms in total. The van der Waals surface area contributed by atoms with Gasteiger partial charge in [-0.05, 0) is 18.6 Å². The van der Waals surface area contributed by atoms with Gasteiger partial charge in [-0.25, -0.2) is 9.78 Å². The van der Waals surface area contributed by atoms with Gasteiger partial charge >= 0.3 is 18.4 Å². The van der Waals surface area contributed by atoms with Crippen molar-refractivity contribution in [1.82, 2.24) is 10.3 Å². The summed E-state index contributed by atoms with van der Waals surface area (Å²) in [5.41, 5.74) is 0.387. The van der Waals surface area contributed by atoms with Crippen LogP contribution in [-0.4, -0.2) is 29.4 Å². The molecule has 1 heterocycles. The Bertz CT molecular complexity index is 471. The summed E-state index contributed by atoms with van der Waals surface area (Å²) in [6.07, 6.45) is -10.1. The van der Waals surface area contributed by atoms with Gasteiger partial charge in [0.2, 0.25) is 6.04 Å². The van der Waals surface area contributed by atoms with Crippen molar-refractivity contribution in [3.8, 4) is 0 Å². The van der Waals surface area contributed by atoms with Gasteiger partial charge < -0.3 is 5.32 Å². The van der Waals surface area contributed by atoms with Gasteiger partial charge in [0.05, 0.1) is 0 Å². The SMILES string of the molecule is Cc1cccnc1NC(=O)NC(C(F)(F)F)C(F)(F)F. The Labute approximate surface area is 109 Å². The van der Waals surface area contributed by atoms with Crippen molar-refractivity contribution in [2.24, 2.45) is 0 Å². The van der Waals surface area contributed by atoms with Crippen molar-refractivity contribution in [2.45, 2.75) is 25.3 Å². The number of pyridine rings is 1. The van der Waals surface area contributed by atoms with Crippen LogP contribution in [0.2, 0.25) is 0 Å². The standard InChI is InChI=1S/C10H9F6N3O/c1-5-3-2-4-17-6(5)18-8(20)19-7(9(11,12)13)10(14,15)16/h2-4,7H,1H3,(H2,17,18,19,20). The van der Waals surface area contributed by atoms with Gasteiger partial charge in [0, 0.05) is 6.20 Å². The first-order valence-corrected chi connectivity index (χ1v) is 5.14. The predicted octanol–water partition coefficient (Wildman–Crippen LogP) is 3.00. The Morgan fingerprint density at radius 1 is 1.20 bits per heavy atom. The predicted molar refractivity (Wildman–Crippen MR) is 57.0 cm³/mol. The number of halogens is 6.